The highest BCUT2D eigenvalue weighted by molar-refractivity contribution is 5.95. The number of unbranched alkanes of at least 4 members (excludes halogenated alkanes) is 1. The predicted octanol–water partition coefficient (Wildman–Crippen LogP) is 1.67. The quantitative estimate of drug-likeness (QED) is 0.783. The summed E-state index contributed by atoms with van der Waals surface area (Å²) in [6.45, 7) is 3.56. The van der Waals surface area contributed by atoms with Crippen LogP contribution in [0.15, 0.2) is 18.3 Å². The molecule has 1 heterocycles. The average molecular weight is 280 g/mol. The van der Waals surface area contributed by atoms with Crippen LogP contribution in [0.2, 0.25) is 0 Å². The second-order valence-corrected chi connectivity index (χ2v) is 4.37. The van der Waals surface area contributed by atoms with Crippen molar-refractivity contribution in [3.05, 3.63) is 29.6 Å². The molecule has 6 heteroatoms. The highest BCUT2D eigenvalue weighted by Gasteiger charge is 2.17. The summed E-state index contributed by atoms with van der Waals surface area (Å²) in [5.74, 6) is -1.34. The van der Waals surface area contributed by atoms with Crippen LogP contribution in [0.1, 0.15) is 40.6 Å². The number of carbonyl (C=O) groups is 2. The van der Waals surface area contributed by atoms with Crippen LogP contribution in [0.4, 0.5) is 0 Å². The number of amides is 1. The number of carboxylic acid groups (broad SMARTS) is 1. The molecule has 0 aliphatic rings. The van der Waals surface area contributed by atoms with Gasteiger partial charge in [0.2, 0.25) is 0 Å². The van der Waals surface area contributed by atoms with Crippen LogP contribution in [0, 0.1) is 0 Å². The lowest BCUT2D eigenvalue weighted by Crippen LogP contribution is -2.35. The maximum atomic E-state index is 12.3. The van der Waals surface area contributed by atoms with E-state index in [1.165, 1.54) is 18.3 Å². The van der Waals surface area contributed by atoms with Gasteiger partial charge < -0.3 is 14.7 Å². The molecular formula is C14H20N2O4. The van der Waals surface area contributed by atoms with Crippen molar-refractivity contribution in [3.63, 3.8) is 0 Å². The SMILES string of the molecule is CCCCN(CCOC)C(=O)c1cc(C(=O)O)ccn1. The maximum Gasteiger partial charge on any atom is 0.335 e. The van der Waals surface area contributed by atoms with Gasteiger partial charge in [-0.25, -0.2) is 4.79 Å². The third kappa shape index (κ3) is 4.62. The van der Waals surface area contributed by atoms with E-state index in [0.29, 0.717) is 19.7 Å². The number of methoxy groups -OCH3 is 1. The summed E-state index contributed by atoms with van der Waals surface area (Å²) in [7, 11) is 1.58. The Morgan fingerprint density at radius 2 is 2.15 bits per heavy atom. The minimum Gasteiger partial charge on any atom is -0.478 e. The van der Waals surface area contributed by atoms with Gasteiger partial charge in [0.25, 0.3) is 5.91 Å². The van der Waals surface area contributed by atoms with Crippen molar-refractivity contribution in [2.75, 3.05) is 26.8 Å². The Kier molecular flexibility index (Phi) is 6.66. The van der Waals surface area contributed by atoms with Crippen LogP contribution in [0.25, 0.3) is 0 Å². The molecule has 110 valence electrons. The molecule has 0 radical (unpaired) electrons. The highest BCUT2D eigenvalue weighted by Crippen LogP contribution is 2.07. The van der Waals surface area contributed by atoms with E-state index in [1.54, 1.807) is 12.0 Å². The van der Waals surface area contributed by atoms with E-state index >= 15 is 0 Å². The van der Waals surface area contributed by atoms with Gasteiger partial charge in [-0.3, -0.25) is 9.78 Å². The van der Waals surface area contributed by atoms with Crippen LogP contribution in [0.3, 0.4) is 0 Å². The first-order chi connectivity index (χ1) is 9.60. The fourth-order valence-corrected chi connectivity index (χ4v) is 1.71. The molecule has 0 aromatic carbocycles. The Bertz CT molecular complexity index is 454. The van der Waals surface area contributed by atoms with Crippen molar-refractivity contribution in [1.82, 2.24) is 9.88 Å². The first kappa shape index (κ1) is 16.1. The molecule has 1 aromatic heterocycles. The van der Waals surface area contributed by atoms with Gasteiger partial charge in [0.05, 0.1) is 12.2 Å². The molecule has 20 heavy (non-hydrogen) atoms. The van der Waals surface area contributed by atoms with E-state index in [0.717, 1.165) is 12.8 Å². The summed E-state index contributed by atoms with van der Waals surface area (Å²) in [5.41, 5.74) is 0.211. The second kappa shape index (κ2) is 8.27. The lowest BCUT2D eigenvalue weighted by atomic mass is 10.2. The van der Waals surface area contributed by atoms with Gasteiger partial charge in [0, 0.05) is 26.4 Å². The fraction of sp³-hybridized carbons (Fsp3) is 0.500. The zero-order valence-electron chi connectivity index (χ0n) is 11.8. The lowest BCUT2D eigenvalue weighted by Gasteiger charge is -2.21. The Morgan fingerprint density at radius 1 is 1.40 bits per heavy atom. The minimum atomic E-state index is -1.07. The number of nitrogens with zero attached hydrogens (tertiary/aromatic N) is 2. The zero-order valence-corrected chi connectivity index (χ0v) is 11.8. The molecule has 0 atom stereocenters. The Labute approximate surface area is 118 Å². The van der Waals surface area contributed by atoms with Crippen molar-refractivity contribution in [2.45, 2.75) is 19.8 Å². The Morgan fingerprint density at radius 3 is 2.75 bits per heavy atom. The number of hydrogen-bond donors (Lipinski definition) is 1. The number of carboxylic acids is 1. The Hall–Kier alpha value is -1.95. The molecule has 0 saturated carbocycles. The molecule has 0 bridgehead atoms. The van der Waals surface area contributed by atoms with Gasteiger partial charge in [-0.1, -0.05) is 13.3 Å². The summed E-state index contributed by atoms with van der Waals surface area (Å²) in [6, 6.07) is 2.67. The number of carbonyl (C=O) groups excluding carboxylic acids is 1. The summed E-state index contributed by atoms with van der Waals surface area (Å²) < 4.78 is 4.99. The van der Waals surface area contributed by atoms with Crippen molar-refractivity contribution < 1.29 is 19.4 Å². The molecule has 1 aromatic rings. The standard InChI is InChI=1S/C14H20N2O4/c1-3-4-7-16(8-9-20-2)13(17)12-10-11(14(18)19)5-6-15-12/h5-6,10H,3-4,7-9H2,1-2H3,(H,18,19). The van der Waals surface area contributed by atoms with Gasteiger partial charge >= 0.3 is 5.97 Å². The number of ether oxygens (including phenoxy) is 1. The predicted molar refractivity (Wildman–Crippen MR) is 73.9 cm³/mol. The van der Waals surface area contributed by atoms with E-state index in [-0.39, 0.29) is 17.2 Å². The van der Waals surface area contributed by atoms with Crippen molar-refractivity contribution >= 4 is 11.9 Å². The molecule has 6 nitrogen and oxygen atoms in total. The van der Waals surface area contributed by atoms with Gasteiger partial charge in [-0.15, -0.1) is 0 Å². The molecule has 0 unspecified atom stereocenters. The monoisotopic (exact) mass is 280 g/mol. The van der Waals surface area contributed by atoms with E-state index in [4.69, 9.17) is 9.84 Å². The molecular weight excluding hydrogens is 260 g/mol. The van der Waals surface area contributed by atoms with Crippen molar-refractivity contribution in [1.29, 1.82) is 0 Å². The van der Waals surface area contributed by atoms with Crippen molar-refractivity contribution in [3.8, 4) is 0 Å². The summed E-state index contributed by atoms with van der Waals surface area (Å²) in [6.07, 6.45) is 3.19. The molecule has 0 aliphatic heterocycles. The summed E-state index contributed by atoms with van der Waals surface area (Å²) >= 11 is 0. The van der Waals surface area contributed by atoms with Crippen LogP contribution in [-0.2, 0) is 4.74 Å². The average Bonchev–Trinajstić information content (AvgIpc) is 2.47. The van der Waals surface area contributed by atoms with E-state index in [2.05, 4.69) is 4.98 Å². The first-order valence-electron chi connectivity index (χ1n) is 6.57. The largest absolute Gasteiger partial charge is 0.478 e. The van der Waals surface area contributed by atoms with E-state index < -0.39 is 5.97 Å². The highest BCUT2D eigenvalue weighted by atomic mass is 16.5. The van der Waals surface area contributed by atoms with E-state index in [1.807, 2.05) is 6.92 Å². The number of aromatic nitrogens is 1. The molecule has 0 saturated heterocycles. The number of aromatic carboxylic acids is 1. The summed E-state index contributed by atoms with van der Waals surface area (Å²) in [5, 5.41) is 8.94. The third-order valence-corrected chi connectivity index (χ3v) is 2.86. The van der Waals surface area contributed by atoms with Gasteiger partial charge in [-0.2, -0.15) is 0 Å². The van der Waals surface area contributed by atoms with Gasteiger partial charge in [-0.05, 0) is 18.6 Å². The second-order valence-electron chi connectivity index (χ2n) is 4.37. The topological polar surface area (TPSA) is 79.7 Å². The van der Waals surface area contributed by atoms with E-state index in [9.17, 15) is 9.59 Å². The van der Waals surface area contributed by atoms with Crippen LogP contribution in [0.5, 0.6) is 0 Å². The van der Waals surface area contributed by atoms with Crippen LogP contribution < -0.4 is 0 Å². The zero-order chi connectivity index (χ0) is 15.0. The number of rotatable bonds is 8. The molecule has 1 N–H and O–H groups in total. The lowest BCUT2D eigenvalue weighted by molar-refractivity contribution is 0.0686. The normalized spacial score (nSPS) is 10.3. The van der Waals surface area contributed by atoms with Crippen LogP contribution in [-0.4, -0.2) is 53.7 Å². The van der Waals surface area contributed by atoms with Crippen LogP contribution >= 0.6 is 0 Å². The number of hydrogen-bond acceptors (Lipinski definition) is 4. The fourth-order valence-electron chi connectivity index (χ4n) is 1.71. The molecule has 0 spiro atoms. The van der Waals surface area contributed by atoms with Crippen molar-refractivity contribution in [2.24, 2.45) is 0 Å². The number of pyridine rings is 1. The minimum absolute atomic E-state index is 0.0607. The first-order valence-corrected chi connectivity index (χ1v) is 6.57. The molecule has 0 aliphatic carbocycles. The Balaban J connectivity index is 2.86. The van der Waals surface area contributed by atoms with Gasteiger partial charge in [0.1, 0.15) is 5.69 Å². The summed E-state index contributed by atoms with van der Waals surface area (Å²) in [4.78, 5) is 28.9. The third-order valence-electron chi connectivity index (χ3n) is 2.86. The molecule has 1 rings (SSSR count). The maximum absolute atomic E-state index is 12.3. The van der Waals surface area contributed by atoms with Gasteiger partial charge in [0.15, 0.2) is 0 Å². The molecule has 1 amide bonds. The molecule has 0 fully saturated rings. The smallest absolute Gasteiger partial charge is 0.335 e.